The summed E-state index contributed by atoms with van der Waals surface area (Å²) in [5.74, 6) is 0.659. The van der Waals surface area contributed by atoms with Gasteiger partial charge in [-0.1, -0.05) is 19.3 Å². The number of hydrogen-bond donors (Lipinski definition) is 1. The fraction of sp³-hybridized carbons (Fsp3) is 0.632. The molecule has 8 nitrogen and oxygen atoms in total. The maximum absolute atomic E-state index is 12.3. The normalized spacial score (nSPS) is 16.8. The number of fused-ring (bicyclic) bond motifs is 1. The first-order valence-corrected chi connectivity index (χ1v) is 11.5. The van der Waals surface area contributed by atoms with E-state index in [1.54, 1.807) is 18.2 Å². The molecule has 28 heavy (non-hydrogen) atoms. The molecule has 1 fully saturated rings. The first-order chi connectivity index (χ1) is 13.4. The van der Waals surface area contributed by atoms with Gasteiger partial charge in [-0.2, -0.15) is 0 Å². The van der Waals surface area contributed by atoms with Crippen molar-refractivity contribution in [3.63, 3.8) is 0 Å². The van der Waals surface area contributed by atoms with Gasteiger partial charge in [0.1, 0.15) is 6.54 Å². The highest BCUT2D eigenvalue weighted by atomic mass is 32.2. The quantitative estimate of drug-likeness (QED) is 0.624. The Bertz CT molecular complexity index is 777. The molecule has 1 aromatic carbocycles. The zero-order chi connectivity index (χ0) is 20.0. The lowest BCUT2D eigenvalue weighted by atomic mass is 9.98. The first-order valence-electron chi connectivity index (χ1n) is 9.69. The summed E-state index contributed by atoms with van der Waals surface area (Å²) >= 11 is 0. The molecule has 0 saturated heterocycles. The Morgan fingerprint density at radius 2 is 1.96 bits per heavy atom. The van der Waals surface area contributed by atoms with Gasteiger partial charge < -0.3 is 19.5 Å². The van der Waals surface area contributed by atoms with Crippen LogP contribution in [0.4, 0.5) is 5.69 Å². The standard InChI is InChI=1S/C19H28N2O6S/c1-28(23,24)21(15-8-9-17-18(12-15)27-14-26-17)13-19(22)20-10-5-11-25-16-6-3-2-4-7-16/h8-9,12,16H,2-7,10-11,13-14H2,1H3,(H,20,22). The molecule has 1 saturated carbocycles. The molecular weight excluding hydrogens is 384 g/mol. The number of hydrogen-bond acceptors (Lipinski definition) is 6. The number of rotatable bonds is 9. The van der Waals surface area contributed by atoms with Gasteiger partial charge >= 0.3 is 0 Å². The van der Waals surface area contributed by atoms with E-state index < -0.39 is 10.0 Å². The predicted octanol–water partition coefficient (Wildman–Crippen LogP) is 2.04. The summed E-state index contributed by atoms with van der Waals surface area (Å²) in [4.78, 5) is 12.3. The molecule has 1 N–H and O–H groups in total. The maximum atomic E-state index is 12.3. The summed E-state index contributed by atoms with van der Waals surface area (Å²) in [6.45, 7) is 0.857. The third-order valence-corrected chi connectivity index (χ3v) is 6.02. The van der Waals surface area contributed by atoms with Crippen molar-refractivity contribution in [2.45, 2.75) is 44.6 Å². The van der Waals surface area contributed by atoms with Crippen molar-refractivity contribution in [2.75, 3.05) is 37.1 Å². The number of amides is 1. The lowest BCUT2D eigenvalue weighted by Crippen LogP contribution is -2.40. The summed E-state index contributed by atoms with van der Waals surface area (Å²) in [5, 5.41) is 2.76. The summed E-state index contributed by atoms with van der Waals surface area (Å²) in [7, 11) is -3.63. The molecule has 0 atom stereocenters. The fourth-order valence-electron chi connectivity index (χ4n) is 3.41. The van der Waals surface area contributed by atoms with E-state index in [1.807, 2.05) is 0 Å². The Balaban J connectivity index is 1.47. The van der Waals surface area contributed by atoms with Crippen molar-refractivity contribution in [1.29, 1.82) is 0 Å². The number of nitrogens with one attached hydrogen (secondary N) is 1. The molecular formula is C19H28N2O6S. The van der Waals surface area contributed by atoms with Crippen LogP contribution in [-0.4, -0.2) is 53.2 Å². The van der Waals surface area contributed by atoms with Gasteiger partial charge in [0.2, 0.25) is 22.7 Å². The minimum atomic E-state index is -3.63. The van der Waals surface area contributed by atoms with Crippen molar-refractivity contribution in [3.05, 3.63) is 18.2 Å². The van der Waals surface area contributed by atoms with E-state index in [-0.39, 0.29) is 19.2 Å². The van der Waals surface area contributed by atoms with Crippen LogP contribution in [0.2, 0.25) is 0 Å². The summed E-state index contributed by atoms with van der Waals surface area (Å²) in [6.07, 6.45) is 8.09. The molecule has 2 aliphatic rings. The highest BCUT2D eigenvalue weighted by molar-refractivity contribution is 7.92. The maximum Gasteiger partial charge on any atom is 0.240 e. The molecule has 3 rings (SSSR count). The molecule has 1 aliphatic carbocycles. The van der Waals surface area contributed by atoms with Crippen LogP contribution in [0.1, 0.15) is 38.5 Å². The van der Waals surface area contributed by atoms with Crippen LogP contribution in [0.15, 0.2) is 18.2 Å². The van der Waals surface area contributed by atoms with Gasteiger partial charge in [-0.15, -0.1) is 0 Å². The molecule has 1 aliphatic heterocycles. The molecule has 1 heterocycles. The zero-order valence-electron chi connectivity index (χ0n) is 16.2. The SMILES string of the molecule is CS(=O)(=O)N(CC(=O)NCCCOC1CCCCC1)c1ccc2c(c1)OCO2. The second kappa shape index (κ2) is 9.47. The number of anilines is 1. The van der Waals surface area contributed by atoms with Crippen LogP contribution in [0.25, 0.3) is 0 Å². The van der Waals surface area contributed by atoms with Gasteiger partial charge in [0, 0.05) is 19.2 Å². The number of ether oxygens (including phenoxy) is 3. The molecule has 156 valence electrons. The van der Waals surface area contributed by atoms with Crippen LogP contribution >= 0.6 is 0 Å². The van der Waals surface area contributed by atoms with Crippen molar-refractivity contribution >= 4 is 21.6 Å². The second-order valence-electron chi connectivity index (χ2n) is 7.14. The van der Waals surface area contributed by atoms with E-state index in [9.17, 15) is 13.2 Å². The number of carbonyl (C=O) groups excluding carboxylic acids is 1. The molecule has 0 aromatic heterocycles. The Labute approximate surface area is 166 Å². The van der Waals surface area contributed by atoms with Crippen LogP contribution in [0.3, 0.4) is 0 Å². The van der Waals surface area contributed by atoms with Crippen molar-refractivity contribution in [1.82, 2.24) is 5.32 Å². The highest BCUT2D eigenvalue weighted by Crippen LogP contribution is 2.36. The van der Waals surface area contributed by atoms with Crippen LogP contribution in [0, 0.1) is 0 Å². The number of carbonyl (C=O) groups is 1. The molecule has 0 radical (unpaired) electrons. The first kappa shape index (κ1) is 20.7. The molecule has 0 unspecified atom stereocenters. The van der Waals surface area contributed by atoms with E-state index in [1.165, 1.54) is 19.3 Å². The minimum Gasteiger partial charge on any atom is -0.454 e. The lowest BCUT2D eigenvalue weighted by Gasteiger charge is -2.23. The Morgan fingerprint density at radius 3 is 2.71 bits per heavy atom. The highest BCUT2D eigenvalue weighted by Gasteiger charge is 2.23. The van der Waals surface area contributed by atoms with E-state index >= 15 is 0 Å². The monoisotopic (exact) mass is 412 g/mol. The average Bonchev–Trinajstić information content (AvgIpc) is 3.13. The van der Waals surface area contributed by atoms with Crippen LogP contribution in [0.5, 0.6) is 11.5 Å². The smallest absolute Gasteiger partial charge is 0.240 e. The largest absolute Gasteiger partial charge is 0.454 e. The Kier molecular flexibility index (Phi) is 7.01. The molecule has 9 heteroatoms. The molecule has 0 spiro atoms. The summed E-state index contributed by atoms with van der Waals surface area (Å²) < 4.78 is 41.8. The van der Waals surface area contributed by atoms with E-state index in [4.69, 9.17) is 14.2 Å². The van der Waals surface area contributed by atoms with Gasteiger partial charge in [0.05, 0.1) is 18.0 Å². The third-order valence-electron chi connectivity index (χ3n) is 4.88. The lowest BCUT2D eigenvalue weighted by molar-refractivity contribution is -0.119. The number of nitrogens with zero attached hydrogens (tertiary/aromatic N) is 1. The van der Waals surface area contributed by atoms with E-state index in [0.717, 1.165) is 23.4 Å². The zero-order valence-corrected chi connectivity index (χ0v) is 17.0. The Hall–Kier alpha value is -2.00. The van der Waals surface area contributed by atoms with Crippen molar-refractivity contribution < 1.29 is 27.4 Å². The van der Waals surface area contributed by atoms with Gasteiger partial charge in [-0.3, -0.25) is 9.10 Å². The molecule has 1 amide bonds. The minimum absolute atomic E-state index is 0.0983. The summed E-state index contributed by atoms with van der Waals surface area (Å²) in [6, 6.07) is 4.80. The van der Waals surface area contributed by atoms with Crippen LogP contribution in [-0.2, 0) is 19.6 Å². The fourth-order valence-corrected chi connectivity index (χ4v) is 4.26. The topological polar surface area (TPSA) is 94.2 Å². The molecule has 0 bridgehead atoms. The van der Waals surface area contributed by atoms with E-state index in [2.05, 4.69) is 5.32 Å². The van der Waals surface area contributed by atoms with Gasteiger partial charge in [0.25, 0.3) is 0 Å². The molecule has 1 aromatic rings. The van der Waals surface area contributed by atoms with Gasteiger partial charge in [0.15, 0.2) is 11.5 Å². The predicted molar refractivity (Wildman–Crippen MR) is 105 cm³/mol. The summed E-state index contributed by atoms with van der Waals surface area (Å²) in [5.41, 5.74) is 0.363. The third kappa shape index (κ3) is 5.75. The second-order valence-corrected chi connectivity index (χ2v) is 9.05. The van der Waals surface area contributed by atoms with Gasteiger partial charge in [-0.05, 0) is 31.4 Å². The van der Waals surface area contributed by atoms with Crippen molar-refractivity contribution in [2.24, 2.45) is 0 Å². The van der Waals surface area contributed by atoms with Gasteiger partial charge in [-0.25, -0.2) is 8.42 Å². The number of benzene rings is 1. The van der Waals surface area contributed by atoms with Crippen LogP contribution < -0.4 is 19.1 Å². The van der Waals surface area contributed by atoms with E-state index in [0.29, 0.717) is 42.9 Å². The number of sulfonamides is 1. The average molecular weight is 413 g/mol. The van der Waals surface area contributed by atoms with Crippen molar-refractivity contribution in [3.8, 4) is 11.5 Å². The Morgan fingerprint density at radius 1 is 1.21 bits per heavy atom.